The Hall–Kier alpha value is -7.62. The summed E-state index contributed by atoms with van der Waals surface area (Å²) < 4.78 is 2.37. The molecule has 10 aromatic rings. The summed E-state index contributed by atoms with van der Waals surface area (Å²) in [6.07, 6.45) is 0. The van der Waals surface area contributed by atoms with Gasteiger partial charge in [0.1, 0.15) is 0 Å². The first kappa shape index (κ1) is 33.9. The molecule has 1 heterocycles. The number of fused-ring (bicyclic) bond motifs is 3. The minimum atomic E-state index is 0.763. The van der Waals surface area contributed by atoms with E-state index in [0.29, 0.717) is 0 Å². The Bertz CT molecular complexity index is 2910. The van der Waals surface area contributed by atoms with E-state index in [2.05, 4.69) is 222 Å². The molecule has 9 aromatic carbocycles. The van der Waals surface area contributed by atoms with E-state index < -0.39 is 0 Å². The standard InChI is InChI=1S/C54H39N3/c55-46-29-21-41(22-30-46)43-25-33-48(34-26-43)56(47-31-23-42(24-32-47)40-19-17-39(18-20-40)38-9-2-1-3-10-38)49-35-27-44(28-36-49)45-11-8-12-50(37-45)57-53-15-6-4-13-51(53)52-14-5-7-16-54(52)57/h1-37H,55H2. The fraction of sp³-hybridized carbons (Fsp3) is 0. The zero-order valence-electron chi connectivity index (χ0n) is 31.3. The number of hydrogen-bond acceptors (Lipinski definition) is 2. The van der Waals surface area contributed by atoms with Crippen LogP contribution in [0.1, 0.15) is 0 Å². The molecule has 1 aromatic heterocycles. The van der Waals surface area contributed by atoms with Crippen LogP contribution in [0.2, 0.25) is 0 Å². The first-order valence-electron chi connectivity index (χ1n) is 19.4. The number of anilines is 4. The van der Waals surface area contributed by atoms with Crippen molar-refractivity contribution in [1.82, 2.24) is 4.57 Å². The van der Waals surface area contributed by atoms with Gasteiger partial charge in [-0.1, -0.05) is 152 Å². The molecule has 2 N–H and O–H groups in total. The topological polar surface area (TPSA) is 34.2 Å². The smallest absolute Gasteiger partial charge is 0.0541 e. The number of para-hydroxylation sites is 2. The molecule has 0 radical (unpaired) electrons. The Kier molecular flexibility index (Phi) is 8.66. The van der Waals surface area contributed by atoms with Crippen LogP contribution in [0.15, 0.2) is 224 Å². The second-order valence-corrected chi connectivity index (χ2v) is 14.5. The van der Waals surface area contributed by atoms with Crippen molar-refractivity contribution < 1.29 is 0 Å². The van der Waals surface area contributed by atoms with Crippen molar-refractivity contribution in [3.8, 4) is 50.2 Å². The van der Waals surface area contributed by atoms with Gasteiger partial charge in [0.05, 0.1) is 11.0 Å². The Balaban J connectivity index is 0.995. The second-order valence-electron chi connectivity index (χ2n) is 14.5. The minimum Gasteiger partial charge on any atom is -0.399 e. The SMILES string of the molecule is Nc1ccc(-c2ccc(N(c3ccc(-c4ccc(-c5ccccc5)cc4)cc3)c3ccc(-c4cccc(-n5c6ccccc6c6ccccc65)c4)cc3)cc2)cc1. The summed E-state index contributed by atoms with van der Waals surface area (Å²) in [5.74, 6) is 0. The number of nitrogens with two attached hydrogens (primary N) is 1. The van der Waals surface area contributed by atoms with Crippen LogP contribution in [-0.2, 0) is 0 Å². The first-order chi connectivity index (χ1) is 28.2. The maximum absolute atomic E-state index is 5.99. The summed E-state index contributed by atoms with van der Waals surface area (Å²) in [7, 11) is 0. The lowest BCUT2D eigenvalue weighted by Crippen LogP contribution is -2.09. The molecule has 0 bridgehead atoms. The Morgan fingerprint density at radius 2 is 0.649 bits per heavy atom. The Morgan fingerprint density at radius 3 is 1.12 bits per heavy atom. The van der Waals surface area contributed by atoms with E-state index in [0.717, 1.165) is 45.1 Å². The number of rotatable bonds is 8. The molecule has 0 saturated carbocycles. The van der Waals surface area contributed by atoms with Gasteiger partial charge in [-0.3, -0.25) is 0 Å². The Morgan fingerprint density at radius 1 is 0.298 bits per heavy atom. The highest BCUT2D eigenvalue weighted by Gasteiger charge is 2.15. The van der Waals surface area contributed by atoms with E-state index >= 15 is 0 Å². The van der Waals surface area contributed by atoms with E-state index in [1.807, 2.05) is 12.1 Å². The molecule has 0 aliphatic heterocycles. The van der Waals surface area contributed by atoms with Crippen LogP contribution in [0.25, 0.3) is 72.0 Å². The average molecular weight is 730 g/mol. The monoisotopic (exact) mass is 729 g/mol. The maximum Gasteiger partial charge on any atom is 0.0541 e. The third kappa shape index (κ3) is 6.52. The van der Waals surface area contributed by atoms with Gasteiger partial charge in [-0.25, -0.2) is 0 Å². The molecule has 10 rings (SSSR count). The zero-order chi connectivity index (χ0) is 38.1. The van der Waals surface area contributed by atoms with Gasteiger partial charge in [-0.15, -0.1) is 0 Å². The van der Waals surface area contributed by atoms with Crippen LogP contribution < -0.4 is 10.6 Å². The number of aromatic nitrogens is 1. The van der Waals surface area contributed by atoms with Crippen molar-refractivity contribution in [1.29, 1.82) is 0 Å². The second kappa shape index (κ2) is 14.6. The highest BCUT2D eigenvalue weighted by Crippen LogP contribution is 2.39. The van der Waals surface area contributed by atoms with Gasteiger partial charge in [-0.05, 0) is 117 Å². The summed E-state index contributed by atoms with van der Waals surface area (Å²) in [6.45, 7) is 0. The number of nitrogens with zero attached hydrogens (tertiary/aromatic N) is 2. The lowest BCUT2D eigenvalue weighted by molar-refractivity contribution is 1.18. The van der Waals surface area contributed by atoms with Crippen molar-refractivity contribution in [3.63, 3.8) is 0 Å². The van der Waals surface area contributed by atoms with E-state index in [-0.39, 0.29) is 0 Å². The lowest BCUT2D eigenvalue weighted by Gasteiger charge is -2.26. The van der Waals surface area contributed by atoms with Crippen LogP contribution in [0.3, 0.4) is 0 Å². The van der Waals surface area contributed by atoms with Crippen molar-refractivity contribution in [2.24, 2.45) is 0 Å². The molecule has 0 amide bonds. The van der Waals surface area contributed by atoms with Gasteiger partial charge < -0.3 is 15.2 Å². The molecule has 0 atom stereocenters. The van der Waals surface area contributed by atoms with Crippen LogP contribution in [0.4, 0.5) is 22.7 Å². The zero-order valence-corrected chi connectivity index (χ0v) is 31.3. The van der Waals surface area contributed by atoms with Gasteiger partial charge in [0.2, 0.25) is 0 Å². The molecular weight excluding hydrogens is 691 g/mol. The summed E-state index contributed by atoms with van der Waals surface area (Å²) >= 11 is 0. The number of hydrogen-bond donors (Lipinski definition) is 1. The van der Waals surface area contributed by atoms with Crippen molar-refractivity contribution in [3.05, 3.63) is 224 Å². The highest BCUT2D eigenvalue weighted by molar-refractivity contribution is 6.09. The molecule has 3 heteroatoms. The van der Waals surface area contributed by atoms with E-state index in [1.54, 1.807) is 0 Å². The molecule has 0 spiro atoms. The van der Waals surface area contributed by atoms with E-state index in [9.17, 15) is 0 Å². The molecule has 0 fully saturated rings. The van der Waals surface area contributed by atoms with Gasteiger partial charge >= 0.3 is 0 Å². The van der Waals surface area contributed by atoms with Crippen LogP contribution in [0.5, 0.6) is 0 Å². The molecule has 0 unspecified atom stereocenters. The third-order valence-electron chi connectivity index (χ3n) is 11.0. The normalized spacial score (nSPS) is 11.2. The first-order valence-corrected chi connectivity index (χ1v) is 19.4. The maximum atomic E-state index is 5.99. The summed E-state index contributed by atoms with van der Waals surface area (Å²) in [4.78, 5) is 2.33. The van der Waals surface area contributed by atoms with Gasteiger partial charge in [-0.2, -0.15) is 0 Å². The number of nitrogen functional groups attached to an aromatic ring is 1. The fourth-order valence-electron chi connectivity index (χ4n) is 8.04. The van der Waals surface area contributed by atoms with Crippen molar-refractivity contribution >= 4 is 44.6 Å². The van der Waals surface area contributed by atoms with Crippen molar-refractivity contribution in [2.45, 2.75) is 0 Å². The Labute approximate surface area is 333 Å². The molecule has 3 nitrogen and oxygen atoms in total. The lowest BCUT2D eigenvalue weighted by atomic mass is 10.00. The third-order valence-corrected chi connectivity index (χ3v) is 11.0. The fourth-order valence-corrected chi connectivity index (χ4v) is 8.04. The average Bonchev–Trinajstić information content (AvgIpc) is 3.62. The highest BCUT2D eigenvalue weighted by atomic mass is 15.1. The molecule has 57 heavy (non-hydrogen) atoms. The van der Waals surface area contributed by atoms with E-state index in [4.69, 9.17) is 5.73 Å². The summed E-state index contributed by atoms with van der Waals surface area (Å²) in [6, 6.07) is 80.1. The van der Waals surface area contributed by atoms with Crippen LogP contribution in [-0.4, -0.2) is 4.57 Å². The summed E-state index contributed by atoms with van der Waals surface area (Å²) in [5, 5.41) is 2.52. The predicted molar refractivity (Wildman–Crippen MR) is 242 cm³/mol. The van der Waals surface area contributed by atoms with Gasteiger partial charge in [0.15, 0.2) is 0 Å². The van der Waals surface area contributed by atoms with Gasteiger partial charge in [0.25, 0.3) is 0 Å². The van der Waals surface area contributed by atoms with Gasteiger partial charge in [0, 0.05) is 39.2 Å². The summed E-state index contributed by atoms with van der Waals surface area (Å²) in [5.41, 5.74) is 23.0. The molecular formula is C54H39N3. The number of benzene rings is 9. The predicted octanol–water partition coefficient (Wildman–Crippen LogP) is 14.5. The van der Waals surface area contributed by atoms with E-state index in [1.165, 1.54) is 49.6 Å². The van der Waals surface area contributed by atoms with Crippen molar-refractivity contribution in [2.75, 3.05) is 10.6 Å². The molecule has 270 valence electrons. The van der Waals surface area contributed by atoms with Crippen LogP contribution in [0, 0.1) is 0 Å². The molecule has 0 saturated heterocycles. The molecule has 0 aliphatic rings. The van der Waals surface area contributed by atoms with Crippen LogP contribution >= 0.6 is 0 Å². The largest absolute Gasteiger partial charge is 0.399 e. The quantitative estimate of drug-likeness (QED) is 0.158. The minimum absolute atomic E-state index is 0.763. The molecule has 0 aliphatic carbocycles.